The summed E-state index contributed by atoms with van der Waals surface area (Å²) < 4.78 is 0. The molecule has 1 fully saturated rings. The molecule has 1 saturated carbocycles. The molecule has 0 saturated heterocycles. The third-order valence-corrected chi connectivity index (χ3v) is 5.54. The first-order valence-corrected chi connectivity index (χ1v) is 9.21. The van der Waals surface area contributed by atoms with E-state index in [1.165, 1.54) is 16.7 Å². The van der Waals surface area contributed by atoms with Crippen LogP contribution in [0.5, 0.6) is 0 Å². The molecule has 0 spiro atoms. The molecule has 0 radical (unpaired) electrons. The second-order valence-corrected chi connectivity index (χ2v) is 8.47. The molecule has 1 aliphatic rings. The maximum absolute atomic E-state index is 12.2. The molecule has 2 atom stereocenters. The van der Waals surface area contributed by atoms with Crippen LogP contribution in [0.4, 0.5) is 0 Å². The van der Waals surface area contributed by atoms with E-state index in [0.29, 0.717) is 5.92 Å². The lowest BCUT2D eigenvalue weighted by Crippen LogP contribution is -2.20. The molecular weight excluding hydrogens is 316 g/mol. The molecule has 0 unspecified atom stereocenters. The van der Waals surface area contributed by atoms with Crippen LogP contribution in [0.3, 0.4) is 0 Å². The number of amides is 1. The number of hydrogen-bond acceptors (Lipinski definition) is 3. The molecule has 126 valence electrons. The van der Waals surface area contributed by atoms with Gasteiger partial charge in [0.25, 0.3) is 0 Å². The molecule has 1 heterocycles. The minimum Gasteiger partial charge on any atom is -0.273 e. The molecule has 4 heteroatoms. The van der Waals surface area contributed by atoms with Crippen molar-refractivity contribution in [2.45, 2.75) is 45.4 Å². The molecule has 1 aromatic carbocycles. The van der Waals surface area contributed by atoms with E-state index in [9.17, 15) is 4.79 Å². The molecule has 0 bridgehead atoms. The van der Waals surface area contributed by atoms with E-state index in [1.54, 1.807) is 17.6 Å². The SMILES string of the molecule is Cc1ccsc1C=NNC(=O)[C@H]1C[C@@H]1c1ccc(C(C)(C)C)cc1. The molecular formula is C20H24N2OS. The Morgan fingerprint density at radius 3 is 2.54 bits per heavy atom. The van der Waals surface area contributed by atoms with Crippen molar-refractivity contribution in [3.8, 4) is 0 Å². The van der Waals surface area contributed by atoms with Crippen molar-refractivity contribution in [3.05, 3.63) is 57.3 Å². The minimum absolute atomic E-state index is 0.0188. The largest absolute Gasteiger partial charge is 0.273 e. The average Bonchev–Trinajstić information content (AvgIpc) is 3.24. The number of nitrogens with one attached hydrogen (secondary N) is 1. The summed E-state index contributed by atoms with van der Waals surface area (Å²) in [7, 11) is 0. The van der Waals surface area contributed by atoms with Gasteiger partial charge in [0, 0.05) is 10.8 Å². The maximum Gasteiger partial charge on any atom is 0.243 e. The summed E-state index contributed by atoms with van der Waals surface area (Å²) in [6.45, 7) is 8.67. The first kappa shape index (κ1) is 16.9. The second-order valence-electron chi connectivity index (χ2n) is 7.52. The predicted molar refractivity (Wildman–Crippen MR) is 101 cm³/mol. The van der Waals surface area contributed by atoms with Crippen LogP contribution in [0.15, 0.2) is 40.8 Å². The number of carbonyl (C=O) groups excluding carboxylic acids is 1. The van der Waals surface area contributed by atoms with Crippen molar-refractivity contribution in [1.82, 2.24) is 5.43 Å². The van der Waals surface area contributed by atoms with Gasteiger partial charge in [0.2, 0.25) is 5.91 Å². The van der Waals surface area contributed by atoms with Gasteiger partial charge in [0.05, 0.1) is 6.21 Å². The zero-order chi connectivity index (χ0) is 17.3. The number of hydrogen-bond donors (Lipinski definition) is 1. The van der Waals surface area contributed by atoms with Crippen molar-refractivity contribution in [2.75, 3.05) is 0 Å². The Bertz CT molecular complexity index is 753. The number of hydrazone groups is 1. The van der Waals surface area contributed by atoms with Gasteiger partial charge in [-0.15, -0.1) is 11.3 Å². The van der Waals surface area contributed by atoms with Gasteiger partial charge in [-0.3, -0.25) is 4.79 Å². The monoisotopic (exact) mass is 340 g/mol. The van der Waals surface area contributed by atoms with Gasteiger partial charge >= 0.3 is 0 Å². The number of nitrogens with zero attached hydrogens (tertiary/aromatic N) is 1. The van der Waals surface area contributed by atoms with E-state index in [4.69, 9.17) is 0 Å². The lowest BCUT2D eigenvalue weighted by molar-refractivity contribution is -0.122. The number of carbonyl (C=O) groups is 1. The summed E-state index contributed by atoms with van der Waals surface area (Å²) in [4.78, 5) is 13.3. The van der Waals surface area contributed by atoms with Crippen LogP contribution in [0.1, 0.15) is 54.7 Å². The van der Waals surface area contributed by atoms with Gasteiger partial charge in [-0.25, -0.2) is 5.43 Å². The van der Waals surface area contributed by atoms with Crippen molar-refractivity contribution in [2.24, 2.45) is 11.0 Å². The van der Waals surface area contributed by atoms with E-state index < -0.39 is 0 Å². The van der Waals surface area contributed by atoms with Gasteiger partial charge in [0.15, 0.2) is 0 Å². The Labute approximate surface area is 147 Å². The van der Waals surface area contributed by atoms with Crippen molar-refractivity contribution >= 4 is 23.5 Å². The van der Waals surface area contributed by atoms with Gasteiger partial charge in [-0.1, -0.05) is 45.0 Å². The molecule has 3 rings (SSSR count). The smallest absolute Gasteiger partial charge is 0.243 e. The molecule has 24 heavy (non-hydrogen) atoms. The van der Waals surface area contributed by atoms with Crippen LogP contribution < -0.4 is 5.43 Å². The molecule has 2 aromatic rings. The first-order chi connectivity index (χ1) is 11.4. The molecule has 1 aliphatic carbocycles. The van der Waals surface area contributed by atoms with Gasteiger partial charge in [0.1, 0.15) is 0 Å². The van der Waals surface area contributed by atoms with E-state index in [1.807, 2.05) is 18.4 Å². The predicted octanol–water partition coefficient (Wildman–Crippen LogP) is 4.61. The Balaban J connectivity index is 1.56. The van der Waals surface area contributed by atoms with E-state index in [0.717, 1.165) is 11.3 Å². The zero-order valence-electron chi connectivity index (χ0n) is 14.7. The Morgan fingerprint density at radius 1 is 1.25 bits per heavy atom. The van der Waals surface area contributed by atoms with Gasteiger partial charge in [-0.2, -0.15) is 5.10 Å². The lowest BCUT2D eigenvalue weighted by atomic mass is 9.86. The van der Waals surface area contributed by atoms with Crippen LogP contribution in [-0.4, -0.2) is 12.1 Å². The standard InChI is InChI=1S/C20H24N2OS/c1-13-9-10-24-18(13)12-21-22-19(23)17-11-16(17)14-5-7-15(8-6-14)20(2,3)4/h5-10,12,16-17H,11H2,1-4H3,(H,22,23)/t16-,17+/m1/s1. The van der Waals surface area contributed by atoms with Crippen molar-refractivity contribution < 1.29 is 4.79 Å². The number of rotatable bonds is 4. The van der Waals surface area contributed by atoms with E-state index in [2.05, 4.69) is 55.6 Å². The van der Waals surface area contributed by atoms with E-state index in [-0.39, 0.29) is 17.2 Å². The highest BCUT2D eigenvalue weighted by Gasteiger charge is 2.43. The first-order valence-electron chi connectivity index (χ1n) is 8.33. The Morgan fingerprint density at radius 2 is 1.96 bits per heavy atom. The highest BCUT2D eigenvalue weighted by atomic mass is 32.1. The van der Waals surface area contributed by atoms with Crippen LogP contribution >= 0.6 is 11.3 Å². The third-order valence-electron chi connectivity index (χ3n) is 4.59. The summed E-state index contributed by atoms with van der Waals surface area (Å²) in [5.41, 5.74) is 6.60. The topological polar surface area (TPSA) is 41.5 Å². The summed E-state index contributed by atoms with van der Waals surface area (Å²) in [6, 6.07) is 10.7. The Kier molecular flexibility index (Phi) is 4.59. The third kappa shape index (κ3) is 3.75. The molecule has 0 aliphatic heterocycles. The summed E-state index contributed by atoms with van der Waals surface area (Å²) >= 11 is 1.63. The van der Waals surface area contributed by atoms with Crippen LogP contribution in [-0.2, 0) is 10.2 Å². The normalized spacial score (nSPS) is 20.3. The quantitative estimate of drug-likeness (QED) is 0.641. The fourth-order valence-corrected chi connectivity index (χ4v) is 3.62. The van der Waals surface area contributed by atoms with E-state index >= 15 is 0 Å². The second kappa shape index (κ2) is 6.52. The van der Waals surface area contributed by atoms with Crippen molar-refractivity contribution in [1.29, 1.82) is 0 Å². The highest BCUT2D eigenvalue weighted by Crippen LogP contribution is 2.47. The molecule has 1 N–H and O–H groups in total. The zero-order valence-corrected chi connectivity index (χ0v) is 15.5. The van der Waals surface area contributed by atoms with Crippen molar-refractivity contribution in [3.63, 3.8) is 0 Å². The fourth-order valence-electron chi connectivity index (χ4n) is 2.84. The van der Waals surface area contributed by atoms with Gasteiger partial charge in [-0.05, 0) is 52.8 Å². The van der Waals surface area contributed by atoms with Crippen LogP contribution in [0.25, 0.3) is 0 Å². The maximum atomic E-state index is 12.2. The number of thiophene rings is 1. The van der Waals surface area contributed by atoms with Crippen LogP contribution in [0.2, 0.25) is 0 Å². The Hall–Kier alpha value is -1.94. The highest BCUT2D eigenvalue weighted by molar-refractivity contribution is 7.11. The molecule has 1 aromatic heterocycles. The number of aryl methyl sites for hydroxylation is 1. The molecule has 3 nitrogen and oxygen atoms in total. The van der Waals surface area contributed by atoms with Crippen LogP contribution in [0, 0.1) is 12.8 Å². The summed E-state index contributed by atoms with van der Waals surface area (Å²) in [6.07, 6.45) is 2.64. The minimum atomic E-state index is 0.0188. The summed E-state index contributed by atoms with van der Waals surface area (Å²) in [5.74, 6) is 0.398. The summed E-state index contributed by atoms with van der Waals surface area (Å²) in [5, 5.41) is 6.12. The lowest BCUT2D eigenvalue weighted by Gasteiger charge is -2.19. The fraction of sp³-hybridized carbons (Fsp3) is 0.400. The average molecular weight is 340 g/mol. The number of benzene rings is 1. The molecule has 1 amide bonds. The van der Waals surface area contributed by atoms with Gasteiger partial charge < -0.3 is 0 Å².